The number of hydroxylamine groups is 1. The Kier molecular flexibility index (Phi) is 2.22. The van der Waals surface area contributed by atoms with Gasteiger partial charge in [-0.15, -0.1) is 0 Å². The van der Waals surface area contributed by atoms with Crippen molar-refractivity contribution in [2.24, 2.45) is 0 Å². The van der Waals surface area contributed by atoms with Gasteiger partial charge in [-0.2, -0.15) is 4.74 Å². The molecule has 0 saturated carbocycles. The Labute approximate surface area is 74.3 Å². The van der Waals surface area contributed by atoms with Gasteiger partial charge >= 0.3 is 17.7 Å². The Bertz CT molecular complexity index is 285. The molecular weight excluding hydrogens is 178 g/mol. The molecule has 1 unspecified atom stereocenters. The van der Waals surface area contributed by atoms with Crippen LogP contribution in [0, 0.1) is 5.21 Å². The van der Waals surface area contributed by atoms with Gasteiger partial charge in [0.25, 0.3) is 6.21 Å². The highest BCUT2D eigenvalue weighted by Crippen LogP contribution is 2.20. The van der Waals surface area contributed by atoms with Crippen molar-refractivity contribution in [3.8, 4) is 0 Å². The highest BCUT2D eigenvalue weighted by molar-refractivity contribution is 6.22. The van der Waals surface area contributed by atoms with Crippen LogP contribution in [0.15, 0.2) is 0 Å². The van der Waals surface area contributed by atoms with Crippen LogP contribution in [-0.2, 0) is 19.1 Å². The highest BCUT2D eigenvalue weighted by atomic mass is 16.6. The van der Waals surface area contributed by atoms with Gasteiger partial charge in [-0.05, 0) is 0 Å². The molecule has 1 atom stereocenters. The number of hydrogen-bond acceptors (Lipinski definition) is 5. The number of rotatable bonds is 2. The largest absolute Gasteiger partial charge is 0.621 e. The second kappa shape index (κ2) is 3.04. The summed E-state index contributed by atoms with van der Waals surface area (Å²) in [5.41, 5.74) is -1.45. The van der Waals surface area contributed by atoms with Gasteiger partial charge in [-0.3, -0.25) is 4.79 Å². The summed E-state index contributed by atoms with van der Waals surface area (Å²) < 4.78 is 9.31. The maximum atomic E-state index is 11.1. The molecule has 0 N–H and O–H groups in total. The monoisotopic (exact) mass is 187 g/mol. The average molecular weight is 187 g/mol. The Balaban J connectivity index is 2.74. The van der Waals surface area contributed by atoms with Crippen molar-refractivity contribution in [2.45, 2.75) is 19.1 Å². The van der Waals surface area contributed by atoms with Crippen molar-refractivity contribution >= 4 is 18.2 Å². The third-order valence-electron chi connectivity index (χ3n) is 1.71. The number of ether oxygens (including phenoxy) is 2. The van der Waals surface area contributed by atoms with Crippen LogP contribution in [0.1, 0.15) is 13.3 Å². The smallest absolute Gasteiger partial charge is 0.401 e. The number of carbonyl (C=O) groups excluding carboxylic acids is 2. The van der Waals surface area contributed by atoms with E-state index in [4.69, 9.17) is 0 Å². The van der Waals surface area contributed by atoms with Crippen LogP contribution < -0.4 is 0 Å². The van der Waals surface area contributed by atoms with E-state index in [2.05, 4.69) is 9.47 Å². The van der Waals surface area contributed by atoms with Gasteiger partial charge in [-0.25, -0.2) is 4.79 Å². The SMILES string of the molecule is COC(=O)CC1(C)OC(=O)C=[N+]1[O-]. The number of carbonyl (C=O) groups is 2. The maximum Gasteiger partial charge on any atom is 0.401 e. The van der Waals surface area contributed by atoms with Crippen LogP contribution in [0.5, 0.6) is 0 Å². The summed E-state index contributed by atoms with van der Waals surface area (Å²) in [7, 11) is 1.20. The number of nitrogens with zero attached hydrogens (tertiary/aromatic N) is 1. The minimum atomic E-state index is -1.45. The number of hydrogen-bond donors (Lipinski definition) is 0. The summed E-state index contributed by atoms with van der Waals surface area (Å²) in [6.07, 6.45) is 0.470. The van der Waals surface area contributed by atoms with Crippen LogP contribution >= 0.6 is 0 Å². The minimum absolute atomic E-state index is 0.282. The lowest BCUT2D eigenvalue weighted by Crippen LogP contribution is -2.37. The van der Waals surface area contributed by atoms with E-state index >= 15 is 0 Å². The van der Waals surface area contributed by atoms with Crippen LogP contribution in [0.4, 0.5) is 0 Å². The van der Waals surface area contributed by atoms with Gasteiger partial charge in [0, 0.05) is 6.92 Å². The van der Waals surface area contributed by atoms with Crippen molar-refractivity contribution in [3.05, 3.63) is 5.21 Å². The first-order valence-electron chi connectivity index (χ1n) is 3.59. The molecule has 0 amide bonds. The summed E-state index contributed by atoms with van der Waals surface area (Å²) in [5, 5.41) is 11.1. The Morgan fingerprint density at radius 3 is 2.85 bits per heavy atom. The zero-order chi connectivity index (χ0) is 10.1. The number of cyclic esters (lactones) is 1. The summed E-state index contributed by atoms with van der Waals surface area (Å²) in [4.78, 5) is 21.5. The van der Waals surface area contributed by atoms with Crippen LogP contribution in [0.3, 0.4) is 0 Å². The standard InChI is InChI=1S/C7H9NO5/c1-7(3-5(9)12-2)8(11)4-6(10)13-7/h4H,3H2,1-2H3. The fourth-order valence-electron chi connectivity index (χ4n) is 0.974. The average Bonchev–Trinajstić information content (AvgIpc) is 2.25. The summed E-state index contributed by atoms with van der Waals surface area (Å²) in [5.74, 6) is -1.35. The topological polar surface area (TPSA) is 78.7 Å². The molecule has 0 aromatic carbocycles. The van der Waals surface area contributed by atoms with Crippen LogP contribution in [0.2, 0.25) is 0 Å². The Hall–Kier alpha value is -1.59. The number of esters is 2. The van der Waals surface area contributed by atoms with E-state index in [9.17, 15) is 14.8 Å². The van der Waals surface area contributed by atoms with Crippen molar-refractivity contribution in [2.75, 3.05) is 7.11 Å². The lowest BCUT2D eigenvalue weighted by molar-refractivity contribution is -0.580. The van der Waals surface area contributed by atoms with Gasteiger partial charge in [0.2, 0.25) is 0 Å². The molecule has 72 valence electrons. The third-order valence-corrected chi connectivity index (χ3v) is 1.71. The molecule has 6 heteroatoms. The first kappa shape index (κ1) is 9.50. The lowest BCUT2D eigenvalue weighted by atomic mass is 10.2. The first-order chi connectivity index (χ1) is 5.98. The Morgan fingerprint density at radius 2 is 2.46 bits per heavy atom. The molecule has 0 saturated heterocycles. The third kappa shape index (κ3) is 1.77. The van der Waals surface area contributed by atoms with E-state index in [0.29, 0.717) is 4.74 Å². The molecule has 1 rings (SSSR count). The quantitative estimate of drug-likeness (QED) is 0.328. The van der Waals surface area contributed by atoms with E-state index in [-0.39, 0.29) is 6.42 Å². The molecule has 0 radical (unpaired) electrons. The zero-order valence-corrected chi connectivity index (χ0v) is 7.27. The predicted octanol–water partition coefficient (Wildman–Crippen LogP) is -0.596. The van der Waals surface area contributed by atoms with Crippen LogP contribution in [-0.4, -0.2) is 35.7 Å². The fourth-order valence-corrected chi connectivity index (χ4v) is 0.974. The summed E-state index contributed by atoms with van der Waals surface area (Å²) in [6.45, 7) is 1.35. The van der Waals surface area contributed by atoms with Gasteiger partial charge < -0.3 is 14.7 Å². The highest BCUT2D eigenvalue weighted by Gasteiger charge is 2.45. The molecular formula is C7H9NO5. The van der Waals surface area contributed by atoms with E-state index < -0.39 is 17.7 Å². The van der Waals surface area contributed by atoms with Gasteiger partial charge in [0.15, 0.2) is 6.42 Å². The molecule has 6 nitrogen and oxygen atoms in total. The predicted molar refractivity (Wildman–Crippen MR) is 40.8 cm³/mol. The zero-order valence-electron chi connectivity index (χ0n) is 7.27. The van der Waals surface area contributed by atoms with Crippen LogP contribution in [0.25, 0.3) is 0 Å². The molecule has 1 aliphatic heterocycles. The Morgan fingerprint density at radius 1 is 1.85 bits per heavy atom. The summed E-state index contributed by atoms with van der Waals surface area (Å²) in [6, 6.07) is 0. The van der Waals surface area contributed by atoms with E-state index in [1.54, 1.807) is 0 Å². The van der Waals surface area contributed by atoms with Crippen molar-refractivity contribution in [3.63, 3.8) is 0 Å². The molecule has 1 heterocycles. The fraction of sp³-hybridized carbons (Fsp3) is 0.571. The van der Waals surface area contributed by atoms with Gasteiger partial charge in [0.05, 0.1) is 7.11 Å². The molecule has 0 fully saturated rings. The summed E-state index contributed by atoms with van der Waals surface area (Å²) >= 11 is 0. The molecule has 0 aliphatic carbocycles. The van der Waals surface area contributed by atoms with E-state index in [1.165, 1.54) is 14.0 Å². The molecule has 0 bridgehead atoms. The second-order valence-electron chi connectivity index (χ2n) is 2.80. The molecule has 0 aromatic heterocycles. The van der Waals surface area contributed by atoms with E-state index in [0.717, 1.165) is 6.21 Å². The van der Waals surface area contributed by atoms with Crippen molar-refractivity contribution in [1.82, 2.24) is 0 Å². The first-order valence-corrected chi connectivity index (χ1v) is 3.59. The lowest BCUT2D eigenvalue weighted by Gasteiger charge is -2.19. The maximum absolute atomic E-state index is 11.1. The molecule has 1 aliphatic rings. The van der Waals surface area contributed by atoms with Crippen molar-refractivity contribution in [1.29, 1.82) is 0 Å². The molecule has 13 heavy (non-hydrogen) atoms. The molecule has 0 aromatic rings. The van der Waals surface area contributed by atoms with Crippen molar-refractivity contribution < 1.29 is 23.8 Å². The second-order valence-corrected chi connectivity index (χ2v) is 2.80. The normalized spacial score (nSPS) is 26.6. The number of methoxy groups -OCH3 is 1. The van der Waals surface area contributed by atoms with Gasteiger partial charge in [-0.1, -0.05) is 0 Å². The molecule has 0 spiro atoms. The van der Waals surface area contributed by atoms with Gasteiger partial charge in [0.1, 0.15) is 0 Å². The minimum Gasteiger partial charge on any atom is -0.621 e. The van der Waals surface area contributed by atoms with E-state index in [1.807, 2.05) is 0 Å².